The number of ether oxygens (including phenoxy) is 1. The third-order valence-electron chi connectivity index (χ3n) is 7.74. The monoisotopic (exact) mass is 535 g/mol. The highest BCUT2D eigenvalue weighted by Gasteiger charge is 2.53. The summed E-state index contributed by atoms with van der Waals surface area (Å²) in [5, 5.41) is 2.33. The van der Waals surface area contributed by atoms with Crippen LogP contribution < -0.4 is 15.0 Å². The van der Waals surface area contributed by atoms with Gasteiger partial charge in [-0.1, -0.05) is 6.07 Å². The fraction of sp³-hybridized carbons (Fsp3) is 0.370. The number of anilines is 1. The van der Waals surface area contributed by atoms with Gasteiger partial charge in [-0.25, -0.2) is 9.37 Å². The molecule has 5 heterocycles. The summed E-state index contributed by atoms with van der Waals surface area (Å²) in [5.41, 5.74) is -0.314. The Morgan fingerprint density at radius 1 is 1.10 bits per heavy atom. The molecule has 2 aromatic heterocycles. The molecule has 0 unspecified atom stereocenters. The predicted octanol–water partition coefficient (Wildman–Crippen LogP) is 1.58. The zero-order chi connectivity index (χ0) is 27.5. The van der Waals surface area contributed by atoms with E-state index in [4.69, 9.17) is 9.15 Å². The molecule has 0 radical (unpaired) electrons. The first-order valence-corrected chi connectivity index (χ1v) is 12.7. The van der Waals surface area contributed by atoms with Crippen LogP contribution in [0.2, 0.25) is 0 Å². The quantitative estimate of drug-likeness (QED) is 0.472. The van der Waals surface area contributed by atoms with Gasteiger partial charge in [0.05, 0.1) is 25.6 Å². The minimum atomic E-state index is -1.51. The standard InChI is InChI=1S/C27H26FN5O6/c1-3-31-8-9-32(13-22(31)35)20-7-6-17-16(29-20)10-19(39-17)27(11-21(34)30-26(27)37)14-33-12-15-4-5-18(38-2)24(28)23(15)25(33)36/h4-7,10H,3,8-9,11-14H2,1-2H3,(H,30,34,37)/t27-/m1/s1. The van der Waals surface area contributed by atoms with E-state index >= 15 is 0 Å². The van der Waals surface area contributed by atoms with Crippen LogP contribution in [-0.2, 0) is 26.3 Å². The second-order valence-electron chi connectivity index (χ2n) is 9.97. The van der Waals surface area contributed by atoms with Crippen molar-refractivity contribution in [3.63, 3.8) is 0 Å². The molecule has 11 nitrogen and oxygen atoms in total. The summed E-state index contributed by atoms with van der Waals surface area (Å²) in [5.74, 6) is -1.72. The van der Waals surface area contributed by atoms with Crippen molar-refractivity contribution >= 4 is 40.5 Å². The number of amides is 4. The number of likely N-dealkylation sites (N-methyl/N-ethyl adjacent to an activating group) is 1. The molecule has 3 aromatic rings. The second-order valence-corrected chi connectivity index (χ2v) is 9.97. The third-order valence-corrected chi connectivity index (χ3v) is 7.74. The van der Waals surface area contributed by atoms with Crippen LogP contribution in [-0.4, -0.2) is 78.2 Å². The molecule has 39 heavy (non-hydrogen) atoms. The van der Waals surface area contributed by atoms with Gasteiger partial charge in [0.1, 0.15) is 22.5 Å². The van der Waals surface area contributed by atoms with Gasteiger partial charge < -0.3 is 23.9 Å². The average molecular weight is 536 g/mol. The summed E-state index contributed by atoms with van der Waals surface area (Å²) >= 11 is 0. The number of halogens is 1. The highest BCUT2D eigenvalue weighted by atomic mass is 19.1. The minimum Gasteiger partial charge on any atom is -0.494 e. The number of furan rings is 1. The maximum Gasteiger partial charge on any atom is 0.257 e. The maximum absolute atomic E-state index is 14.9. The number of rotatable bonds is 6. The molecule has 0 aliphatic carbocycles. The van der Waals surface area contributed by atoms with Gasteiger partial charge in [0.15, 0.2) is 17.1 Å². The number of hydrogen-bond acceptors (Lipinski definition) is 8. The van der Waals surface area contributed by atoms with Gasteiger partial charge in [-0.3, -0.25) is 24.5 Å². The van der Waals surface area contributed by atoms with Crippen LogP contribution in [0.15, 0.2) is 34.7 Å². The Hall–Kier alpha value is -4.48. The van der Waals surface area contributed by atoms with E-state index in [1.54, 1.807) is 29.2 Å². The molecular formula is C27H26FN5O6. The molecule has 0 saturated carbocycles. The van der Waals surface area contributed by atoms with E-state index in [1.807, 2.05) is 11.8 Å². The first-order chi connectivity index (χ1) is 18.7. The summed E-state index contributed by atoms with van der Waals surface area (Å²) in [6.45, 7) is 3.89. The number of imide groups is 1. The van der Waals surface area contributed by atoms with Crippen molar-refractivity contribution in [2.75, 3.05) is 44.7 Å². The fourth-order valence-corrected chi connectivity index (χ4v) is 5.62. The second kappa shape index (κ2) is 9.07. The van der Waals surface area contributed by atoms with Crippen molar-refractivity contribution in [1.82, 2.24) is 20.1 Å². The molecule has 1 atom stereocenters. The Balaban J connectivity index is 1.33. The Morgan fingerprint density at radius 2 is 1.92 bits per heavy atom. The van der Waals surface area contributed by atoms with Crippen LogP contribution in [0.5, 0.6) is 5.75 Å². The number of piperazine rings is 1. The van der Waals surface area contributed by atoms with Crippen LogP contribution >= 0.6 is 0 Å². The zero-order valence-electron chi connectivity index (χ0n) is 21.5. The number of aromatic nitrogens is 1. The first kappa shape index (κ1) is 24.8. The number of pyridine rings is 1. The Kier molecular flexibility index (Phi) is 5.77. The van der Waals surface area contributed by atoms with E-state index in [0.29, 0.717) is 42.1 Å². The summed E-state index contributed by atoms with van der Waals surface area (Å²) in [7, 11) is 1.31. The van der Waals surface area contributed by atoms with Crippen LogP contribution in [0.25, 0.3) is 11.1 Å². The topological polar surface area (TPSA) is 125 Å². The summed E-state index contributed by atoms with van der Waals surface area (Å²) in [6.07, 6.45) is -0.238. The molecule has 3 aliphatic rings. The molecule has 3 aliphatic heterocycles. The highest BCUT2D eigenvalue weighted by Crippen LogP contribution is 2.40. The number of methoxy groups -OCH3 is 1. The number of carbonyl (C=O) groups excluding carboxylic acids is 4. The minimum absolute atomic E-state index is 0.0176. The van der Waals surface area contributed by atoms with Gasteiger partial charge in [-0.05, 0) is 30.7 Å². The van der Waals surface area contributed by atoms with Crippen LogP contribution in [0.3, 0.4) is 0 Å². The van der Waals surface area contributed by atoms with Crippen molar-refractivity contribution in [2.24, 2.45) is 0 Å². The van der Waals surface area contributed by atoms with Gasteiger partial charge >= 0.3 is 0 Å². The lowest BCUT2D eigenvalue weighted by Gasteiger charge is -2.34. The number of nitrogens with one attached hydrogen (secondary N) is 1. The SMILES string of the molecule is CCN1CCN(c2ccc3oc([C@]4(CN5Cc6ccc(OC)c(F)c6C5=O)CC(=O)NC4=O)cc3n2)CC1=O. The molecule has 12 heteroatoms. The lowest BCUT2D eigenvalue weighted by atomic mass is 9.82. The van der Waals surface area contributed by atoms with Crippen LogP contribution in [0.1, 0.15) is 35.0 Å². The van der Waals surface area contributed by atoms with Crippen LogP contribution in [0.4, 0.5) is 10.2 Å². The summed E-state index contributed by atoms with van der Waals surface area (Å²) in [4.78, 5) is 60.9. The van der Waals surface area contributed by atoms with Crippen molar-refractivity contribution in [3.05, 3.63) is 53.0 Å². The predicted molar refractivity (Wildman–Crippen MR) is 136 cm³/mol. The average Bonchev–Trinajstić information content (AvgIpc) is 3.57. The largest absolute Gasteiger partial charge is 0.494 e. The van der Waals surface area contributed by atoms with E-state index in [2.05, 4.69) is 10.3 Å². The van der Waals surface area contributed by atoms with Crippen molar-refractivity contribution < 1.29 is 32.7 Å². The van der Waals surface area contributed by atoms with Gasteiger partial charge in [-0.2, -0.15) is 0 Å². The van der Waals surface area contributed by atoms with Crippen LogP contribution in [0, 0.1) is 5.82 Å². The Labute approximate surface area is 222 Å². The molecule has 2 fully saturated rings. The Bertz CT molecular complexity index is 1550. The van der Waals surface area contributed by atoms with Gasteiger partial charge in [-0.15, -0.1) is 0 Å². The van der Waals surface area contributed by atoms with Gasteiger partial charge in [0.25, 0.3) is 5.91 Å². The third kappa shape index (κ3) is 3.89. The molecule has 6 rings (SSSR count). The van der Waals surface area contributed by atoms with Crippen molar-refractivity contribution in [2.45, 2.75) is 25.3 Å². The summed E-state index contributed by atoms with van der Waals surface area (Å²) in [6, 6.07) is 8.11. The number of benzene rings is 1. The fourth-order valence-electron chi connectivity index (χ4n) is 5.62. The molecule has 4 amide bonds. The molecule has 0 spiro atoms. The lowest BCUT2D eigenvalue weighted by Crippen LogP contribution is -2.50. The van der Waals surface area contributed by atoms with E-state index in [-0.39, 0.29) is 49.0 Å². The van der Waals surface area contributed by atoms with Gasteiger partial charge in [0, 0.05) is 38.8 Å². The smallest absolute Gasteiger partial charge is 0.257 e. The van der Waals surface area contributed by atoms with Crippen molar-refractivity contribution in [3.8, 4) is 5.75 Å². The normalized spacial score (nSPS) is 21.3. The first-order valence-electron chi connectivity index (χ1n) is 12.7. The maximum atomic E-state index is 14.9. The Morgan fingerprint density at radius 3 is 2.62 bits per heavy atom. The number of nitrogens with zero attached hydrogens (tertiary/aromatic N) is 4. The zero-order valence-corrected chi connectivity index (χ0v) is 21.5. The number of fused-ring (bicyclic) bond motifs is 2. The van der Waals surface area contributed by atoms with E-state index < -0.39 is 29.0 Å². The van der Waals surface area contributed by atoms with E-state index in [1.165, 1.54) is 18.1 Å². The molecule has 2 saturated heterocycles. The highest BCUT2D eigenvalue weighted by molar-refractivity contribution is 6.10. The van der Waals surface area contributed by atoms with E-state index in [9.17, 15) is 23.6 Å². The van der Waals surface area contributed by atoms with E-state index in [0.717, 1.165) is 0 Å². The molecular weight excluding hydrogens is 509 g/mol. The summed E-state index contributed by atoms with van der Waals surface area (Å²) < 4.78 is 26.0. The van der Waals surface area contributed by atoms with Gasteiger partial charge in [0.2, 0.25) is 17.7 Å². The van der Waals surface area contributed by atoms with Crippen molar-refractivity contribution in [1.29, 1.82) is 0 Å². The number of carbonyl (C=O) groups is 4. The molecule has 0 bridgehead atoms. The number of hydrogen-bond donors (Lipinski definition) is 1. The molecule has 1 aromatic carbocycles. The molecule has 1 N–H and O–H groups in total. The lowest BCUT2D eigenvalue weighted by molar-refractivity contribution is -0.131. The molecule has 202 valence electrons.